The smallest absolute Gasteiger partial charge is 0.363 e. The number of ether oxygens (including phenoxy) is 1. The average Bonchev–Trinajstić information content (AvgIpc) is 2.97. The first-order chi connectivity index (χ1) is 10.8. The Balaban J connectivity index is 2.18. The molecule has 0 bridgehead atoms. The molecule has 0 amide bonds. The molecule has 0 radical (unpaired) electrons. The molecule has 1 fully saturated rings. The van der Waals surface area contributed by atoms with Crippen LogP contribution >= 0.6 is 0 Å². The van der Waals surface area contributed by atoms with Gasteiger partial charge in [0.2, 0.25) is 5.72 Å². The number of benzene rings is 1. The number of hydrogen-bond acceptors (Lipinski definition) is 7. The highest BCUT2D eigenvalue weighted by Gasteiger charge is 2.49. The zero-order chi connectivity index (χ0) is 17.1. The lowest BCUT2D eigenvalue weighted by Crippen LogP contribution is -2.53. The van der Waals surface area contributed by atoms with Crippen molar-refractivity contribution in [1.82, 2.24) is 5.32 Å². The summed E-state index contributed by atoms with van der Waals surface area (Å²) < 4.78 is 33.9. The Bertz CT molecular complexity index is 677. The largest absolute Gasteiger partial charge is 0.386 e. The monoisotopic (exact) mass is 341 g/mol. The Morgan fingerprint density at radius 2 is 1.87 bits per heavy atom. The molecule has 0 aromatic heterocycles. The minimum atomic E-state index is -3.96. The van der Waals surface area contributed by atoms with Gasteiger partial charge < -0.3 is 4.74 Å². The molecule has 1 N–H and O–H groups in total. The summed E-state index contributed by atoms with van der Waals surface area (Å²) in [5.41, 5.74) is -1.64. The number of esters is 2. The van der Waals surface area contributed by atoms with Gasteiger partial charge in [-0.25, -0.2) is 13.8 Å². The van der Waals surface area contributed by atoms with E-state index in [0.29, 0.717) is 13.0 Å². The lowest BCUT2D eigenvalue weighted by molar-refractivity contribution is -0.157. The summed E-state index contributed by atoms with van der Waals surface area (Å²) in [5, 5.41) is 1.89. The van der Waals surface area contributed by atoms with Crippen LogP contribution in [-0.2, 0) is 23.8 Å². The van der Waals surface area contributed by atoms with Gasteiger partial charge in [-0.15, -0.1) is 0 Å². The molecular formula is C15H19NO6S. The Morgan fingerprint density at radius 3 is 2.39 bits per heavy atom. The molecule has 2 rings (SSSR count). The molecule has 1 aliphatic heterocycles. The maximum absolute atomic E-state index is 12.4. The molecule has 0 saturated carbocycles. The van der Waals surface area contributed by atoms with Crippen molar-refractivity contribution in [2.24, 2.45) is 0 Å². The third kappa shape index (κ3) is 3.95. The highest BCUT2D eigenvalue weighted by atomic mass is 32.2. The summed E-state index contributed by atoms with van der Waals surface area (Å²) in [5.74, 6) is -1.90. The van der Waals surface area contributed by atoms with Gasteiger partial charge in [0.05, 0.1) is 10.8 Å². The zero-order valence-electron chi connectivity index (χ0n) is 12.9. The van der Waals surface area contributed by atoms with Crippen molar-refractivity contribution in [2.75, 3.05) is 6.54 Å². The molecule has 126 valence electrons. The van der Waals surface area contributed by atoms with Crippen molar-refractivity contribution in [1.29, 1.82) is 0 Å². The molecule has 1 heterocycles. The van der Waals surface area contributed by atoms with E-state index in [9.17, 15) is 18.0 Å². The molecule has 1 aromatic rings. The molecule has 1 aliphatic rings. The number of nitrogens with one attached hydrogen (secondary N) is 1. The van der Waals surface area contributed by atoms with E-state index in [-0.39, 0.29) is 12.0 Å². The van der Waals surface area contributed by atoms with Crippen LogP contribution in [0.5, 0.6) is 0 Å². The standard InChI is InChI=1S/C15H19NO6S/c1-11(2)23(19,20)22-15(9-6-10-16-15)14(18)21-13(17)12-7-4-3-5-8-12/h3-5,7-8,11,16H,6,9-10H2,1-2H3/t15-/m1/s1. The van der Waals surface area contributed by atoms with Crippen LogP contribution < -0.4 is 5.32 Å². The second kappa shape index (κ2) is 6.77. The van der Waals surface area contributed by atoms with E-state index < -0.39 is 33.0 Å². The van der Waals surface area contributed by atoms with Crippen molar-refractivity contribution >= 4 is 22.1 Å². The van der Waals surface area contributed by atoms with E-state index >= 15 is 0 Å². The van der Waals surface area contributed by atoms with Crippen molar-refractivity contribution < 1.29 is 26.9 Å². The van der Waals surface area contributed by atoms with E-state index in [1.54, 1.807) is 18.2 Å². The second-order valence-electron chi connectivity index (χ2n) is 5.53. The maximum atomic E-state index is 12.4. The summed E-state index contributed by atoms with van der Waals surface area (Å²) >= 11 is 0. The molecule has 23 heavy (non-hydrogen) atoms. The fraction of sp³-hybridized carbons (Fsp3) is 0.467. The van der Waals surface area contributed by atoms with Gasteiger partial charge in [-0.2, -0.15) is 8.42 Å². The maximum Gasteiger partial charge on any atom is 0.363 e. The molecule has 0 spiro atoms. The third-order valence-electron chi connectivity index (χ3n) is 3.48. The predicted molar refractivity (Wildman–Crippen MR) is 82.0 cm³/mol. The Labute approximate surface area is 135 Å². The Hall–Kier alpha value is -1.77. The Kier molecular flexibility index (Phi) is 5.18. The van der Waals surface area contributed by atoms with Crippen LogP contribution in [0.2, 0.25) is 0 Å². The minimum Gasteiger partial charge on any atom is -0.386 e. The topological polar surface area (TPSA) is 98.8 Å². The number of carbonyl (C=O) groups is 2. The molecule has 7 nitrogen and oxygen atoms in total. The fourth-order valence-corrected chi connectivity index (χ4v) is 2.89. The lowest BCUT2D eigenvalue weighted by Gasteiger charge is -2.26. The van der Waals surface area contributed by atoms with E-state index in [4.69, 9.17) is 8.92 Å². The Morgan fingerprint density at radius 1 is 1.22 bits per heavy atom. The summed E-state index contributed by atoms with van der Waals surface area (Å²) in [6.07, 6.45) is 0.641. The first kappa shape index (κ1) is 17.6. The molecule has 1 atom stereocenters. The van der Waals surface area contributed by atoms with Crippen LogP contribution in [0.4, 0.5) is 0 Å². The van der Waals surface area contributed by atoms with Gasteiger partial charge in [-0.05, 0) is 38.9 Å². The zero-order valence-corrected chi connectivity index (χ0v) is 13.8. The van der Waals surface area contributed by atoms with Crippen LogP contribution in [0, 0.1) is 0 Å². The van der Waals surface area contributed by atoms with Gasteiger partial charge in [-0.1, -0.05) is 18.2 Å². The lowest BCUT2D eigenvalue weighted by atomic mass is 10.1. The van der Waals surface area contributed by atoms with Crippen LogP contribution in [0.15, 0.2) is 30.3 Å². The van der Waals surface area contributed by atoms with Crippen molar-refractivity contribution in [3.05, 3.63) is 35.9 Å². The van der Waals surface area contributed by atoms with Gasteiger partial charge in [0, 0.05) is 6.42 Å². The van der Waals surface area contributed by atoms with Crippen LogP contribution in [0.1, 0.15) is 37.0 Å². The number of rotatable bonds is 5. The van der Waals surface area contributed by atoms with Gasteiger partial charge in [-0.3, -0.25) is 5.32 Å². The van der Waals surface area contributed by atoms with Gasteiger partial charge >= 0.3 is 11.9 Å². The molecular weight excluding hydrogens is 322 g/mol. The quantitative estimate of drug-likeness (QED) is 0.488. The van der Waals surface area contributed by atoms with E-state index in [1.807, 2.05) is 0 Å². The molecule has 1 aromatic carbocycles. The summed E-state index contributed by atoms with van der Waals surface area (Å²) in [6.45, 7) is 3.28. The van der Waals surface area contributed by atoms with Gasteiger partial charge in [0.1, 0.15) is 0 Å². The average molecular weight is 341 g/mol. The SMILES string of the molecule is CC(C)S(=O)(=O)O[C@@]1(C(=O)OC(=O)c2ccccc2)CCCN1. The van der Waals surface area contributed by atoms with Crippen molar-refractivity contribution in [2.45, 2.75) is 37.7 Å². The highest BCUT2D eigenvalue weighted by Crippen LogP contribution is 2.26. The second-order valence-corrected chi connectivity index (χ2v) is 7.62. The predicted octanol–water partition coefficient (Wildman–Crippen LogP) is 1.20. The van der Waals surface area contributed by atoms with E-state index in [2.05, 4.69) is 5.32 Å². The van der Waals surface area contributed by atoms with Crippen molar-refractivity contribution in [3.8, 4) is 0 Å². The first-order valence-electron chi connectivity index (χ1n) is 7.28. The van der Waals surface area contributed by atoms with Crippen LogP contribution in [0.3, 0.4) is 0 Å². The first-order valence-corrected chi connectivity index (χ1v) is 8.75. The summed E-state index contributed by atoms with van der Waals surface area (Å²) in [4.78, 5) is 24.3. The van der Waals surface area contributed by atoms with Crippen LogP contribution in [-0.4, -0.2) is 37.9 Å². The van der Waals surface area contributed by atoms with E-state index in [0.717, 1.165) is 0 Å². The van der Waals surface area contributed by atoms with Crippen molar-refractivity contribution in [3.63, 3.8) is 0 Å². The minimum absolute atomic E-state index is 0.111. The van der Waals surface area contributed by atoms with Crippen LogP contribution in [0.25, 0.3) is 0 Å². The number of hydrogen-bond donors (Lipinski definition) is 1. The van der Waals surface area contributed by atoms with Gasteiger partial charge in [0.25, 0.3) is 10.1 Å². The molecule has 1 saturated heterocycles. The fourth-order valence-electron chi connectivity index (χ4n) is 2.09. The summed E-state index contributed by atoms with van der Waals surface area (Å²) in [6, 6.07) is 7.97. The number of carbonyl (C=O) groups excluding carboxylic acids is 2. The third-order valence-corrected chi connectivity index (χ3v) is 5.15. The normalized spacial score (nSPS) is 21.3. The highest BCUT2D eigenvalue weighted by molar-refractivity contribution is 7.87. The molecule has 0 unspecified atom stereocenters. The molecule has 8 heteroatoms. The van der Waals surface area contributed by atoms with Gasteiger partial charge in [0.15, 0.2) is 0 Å². The summed E-state index contributed by atoms with van der Waals surface area (Å²) in [7, 11) is -3.96. The van der Waals surface area contributed by atoms with E-state index in [1.165, 1.54) is 26.0 Å². The molecule has 0 aliphatic carbocycles.